The van der Waals surface area contributed by atoms with Crippen molar-refractivity contribution in [3.8, 4) is 28.7 Å². The van der Waals surface area contributed by atoms with E-state index in [1.165, 1.54) is 0 Å². The summed E-state index contributed by atoms with van der Waals surface area (Å²) in [6, 6.07) is 14.9. The fourth-order valence-corrected chi connectivity index (χ4v) is 3.46. The van der Waals surface area contributed by atoms with Gasteiger partial charge >= 0.3 is 6.15 Å². The number of hydrogen-bond donors (Lipinski definition) is 1. The zero-order valence-corrected chi connectivity index (χ0v) is 20.0. The summed E-state index contributed by atoms with van der Waals surface area (Å²) in [5.74, 6) is 0.0741. The van der Waals surface area contributed by atoms with Crippen molar-refractivity contribution >= 4 is 23.7 Å². The van der Waals surface area contributed by atoms with Crippen LogP contribution in [0.4, 0.5) is 5.95 Å². The average Bonchev–Trinajstić information content (AvgIpc) is 3.27. The van der Waals surface area contributed by atoms with Gasteiger partial charge in [-0.3, -0.25) is 4.98 Å². The number of rotatable bonds is 4. The maximum Gasteiger partial charge on any atom is 0.373 e. The highest BCUT2D eigenvalue weighted by molar-refractivity contribution is 6.34. The Balaban J connectivity index is 0.00000108. The van der Waals surface area contributed by atoms with E-state index in [4.69, 9.17) is 31.9 Å². The summed E-state index contributed by atoms with van der Waals surface area (Å²) in [6.45, 7) is 6.85. The number of pyridine rings is 1. The zero-order chi connectivity index (χ0) is 25.6. The third-order valence-electron chi connectivity index (χ3n) is 4.84. The van der Waals surface area contributed by atoms with Crippen LogP contribution >= 0.6 is 11.6 Å². The third-order valence-corrected chi connectivity index (χ3v) is 5.25. The van der Waals surface area contributed by atoms with Crippen molar-refractivity contribution in [3.63, 3.8) is 0 Å². The Bertz CT molecular complexity index is 1430. The van der Waals surface area contributed by atoms with Crippen LogP contribution in [0.3, 0.4) is 0 Å². The van der Waals surface area contributed by atoms with Gasteiger partial charge in [0, 0.05) is 16.7 Å². The lowest BCUT2D eigenvalue weighted by Crippen LogP contribution is -2.15. The number of carbonyl (C=O) groups excluding carboxylic acids is 2. The largest absolute Gasteiger partial charge is 0.373 e. The normalized spacial score (nSPS) is 10.6. The number of nitrogens with zero attached hydrogens (tertiary/aromatic N) is 7. The molecule has 0 aliphatic carbocycles. The van der Waals surface area contributed by atoms with Gasteiger partial charge in [0.15, 0.2) is 0 Å². The predicted octanol–water partition coefficient (Wildman–Crippen LogP) is 3.67. The molecule has 4 aromatic rings. The van der Waals surface area contributed by atoms with Gasteiger partial charge in [0.1, 0.15) is 11.8 Å². The first kappa shape index (κ1) is 25.2. The van der Waals surface area contributed by atoms with Crippen LogP contribution in [0.1, 0.15) is 37.7 Å². The molecule has 11 heteroatoms. The van der Waals surface area contributed by atoms with Crippen molar-refractivity contribution in [1.29, 1.82) is 5.26 Å². The summed E-state index contributed by atoms with van der Waals surface area (Å²) >= 11 is 6.37. The maximum atomic E-state index is 9.24. The van der Waals surface area contributed by atoms with E-state index in [9.17, 15) is 5.26 Å². The molecule has 0 radical (unpaired) electrons. The minimum absolute atomic E-state index is 0.0391. The van der Waals surface area contributed by atoms with Crippen molar-refractivity contribution in [2.75, 3.05) is 5.73 Å². The second-order valence-electron chi connectivity index (χ2n) is 8.42. The van der Waals surface area contributed by atoms with Crippen LogP contribution in [0.5, 0.6) is 0 Å². The first-order valence-corrected chi connectivity index (χ1v) is 10.7. The molecule has 35 heavy (non-hydrogen) atoms. The van der Waals surface area contributed by atoms with Crippen LogP contribution in [-0.4, -0.2) is 36.1 Å². The van der Waals surface area contributed by atoms with Crippen LogP contribution in [0.25, 0.3) is 22.6 Å². The Morgan fingerprint density at radius 3 is 2.40 bits per heavy atom. The number of halogens is 1. The van der Waals surface area contributed by atoms with Gasteiger partial charge in [-0.05, 0) is 24.3 Å². The average molecular weight is 489 g/mol. The standard InChI is InChI=1S/C23H21ClN8.CO2/c1-23(2,3)20-9-5-7-15(27-20)12-32-13-19(30-31-32)18-10-17(28-22(26)29-18)16-8-4-6-14(11-25)21(16)24;2-1-3/h4-10,13H,12H2,1-3H3,(H2,26,28,29);. The molecule has 0 aliphatic rings. The smallest absolute Gasteiger partial charge is 0.368 e. The summed E-state index contributed by atoms with van der Waals surface area (Å²) < 4.78 is 1.70. The van der Waals surface area contributed by atoms with Crippen LogP contribution in [-0.2, 0) is 21.5 Å². The van der Waals surface area contributed by atoms with Gasteiger partial charge < -0.3 is 5.73 Å². The molecule has 4 rings (SSSR count). The molecule has 3 aromatic heterocycles. The van der Waals surface area contributed by atoms with E-state index in [0.717, 1.165) is 11.4 Å². The molecule has 176 valence electrons. The van der Waals surface area contributed by atoms with Gasteiger partial charge in [-0.2, -0.15) is 14.9 Å². The quantitative estimate of drug-likeness (QED) is 0.453. The third kappa shape index (κ3) is 6.12. The van der Waals surface area contributed by atoms with Gasteiger partial charge in [-0.25, -0.2) is 14.6 Å². The Labute approximate surface area is 206 Å². The summed E-state index contributed by atoms with van der Waals surface area (Å²) in [5.41, 5.74) is 10.3. The molecule has 0 saturated heterocycles. The van der Waals surface area contributed by atoms with Crippen molar-refractivity contribution in [3.05, 3.63) is 70.6 Å². The Morgan fingerprint density at radius 1 is 1.03 bits per heavy atom. The minimum atomic E-state index is -0.0391. The number of nitrogen functional groups attached to an aromatic ring is 1. The molecule has 0 fully saturated rings. The molecule has 0 atom stereocenters. The van der Waals surface area contributed by atoms with Gasteiger partial charge in [0.05, 0.1) is 40.4 Å². The lowest BCUT2D eigenvalue weighted by Gasteiger charge is -2.18. The van der Waals surface area contributed by atoms with E-state index in [1.54, 1.807) is 35.1 Å². The molecular weight excluding hydrogens is 468 g/mol. The Morgan fingerprint density at radius 2 is 1.71 bits per heavy atom. The molecule has 0 saturated carbocycles. The topological polar surface area (TPSA) is 153 Å². The van der Waals surface area contributed by atoms with Crippen molar-refractivity contribution in [1.82, 2.24) is 29.9 Å². The fraction of sp³-hybridized carbons (Fsp3) is 0.208. The van der Waals surface area contributed by atoms with Crippen LogP contribution in [0.2, 0.25) is 5.02 Å². The van der Waals surface area contributed by atoms with Gasteiger partial charge in [0.2, 0.25) is 5.95 Å². The molecule has 0 unspecified atom stereocenters. The van der Waals surface area contributed by atoms with E-state index in [1.807, 2.05) is 18.2 Å². The SMILES string of the molecule is CC(C)(C)c1cccc(Cn2cc(-c3cc(-c4cccc(C#N)c4Cl)nc(N)n3)nn2)n1.O=C=O. The predicted molar refractivity (Wildman–Crippen MR) is 128 cm³/mol. The lowest BCUT2D eigenvalue weighted by molar-refractivity contribution is -0.191. The van der Waals surface area contributed by atoms with Gasteiger partial charge in [0.25, 0.3) is 0 Å². The summed E-state index contributed by atoms with van der Waals surface area (Å²) in [4.78, 5) is 29.6. The lowest BCUT2D eigenvalue weighted by atomic mass is 9.91. The molecular formula is C24H21ClN8O2. The second kappa shape index (κ2) is 10.7. The highest BCUT2D eigenvalue weighted by atomic mass is 35.5. The number of benzene rings is 1. The highest BCUT2D eigenvalue weighted by Gasteiger charge is 2.17. The highest BCUT2D eigenvalue weighted by Crippen LogP contribution is 2.31. The minimum Gasteiger partial charge on any atom is -0.368 e. The van der Waals surface area contributed by atoms with Crippen molar-refractivity contribution in [2.24, 2.45) is 0 Å². The molecule has 10 nitrogen and oxygen atoms in total. The number of hydrogen-bond acceptors (Lipinski definition) is 9. The molecule has 2 N–H and O–H groups in total. The van der Waals surface area contributed by atoms with E-state index >= 15 is 0 Å². The van der Waals surface area contributed by atoms with Crippen LogP contribution in [0, 0.1) is 11.3 Å². The fourth-order valence-electron chi connectivity index (χ4n) is 3.20. The number of aromatic nitrogens is 6. The van der Waals surface area contributed by atoms with Crippen LogP contribution in [0.15, 0.2) is 48.7 Å². The van der Waals surface area contributed by atoms with Crippen molar-refractivity contribution in [2.45, 2.75) is 32.7 Å². The first-order valence-electron chi connectivity index (χ1n) is 10.4. The molecule has 0 bridgehead atoms. The molecule has 3 heterocycles. The Kier molecular flexibility index (Phi) is 7.66. The van der Waals surface area contributed by atoms with E-state index < -0.39 is 0 Å². The van der Waals surface area contributed by atoms with E-state index in [0.29, 0.717) is 39.8 Å². The Hall–Kier alpha value is -4.45. The summed E-state index contributed by atoms with van der Waals surface area (Å²) in [7, 11) is 0. The first-order chi connectivity index (χ1) is 16.7. The summed E-state index contributed by atoms with van der Waals surface area (Å²) in [5, 5.41) is 18.0. The van der Waals surface area contributed by atoms with Crippen LogP contribution < -0.4 is 5.73 Å². The second-order valence-corrected chi connectivity index (χ2v) is 8.80. The zero-order valence-electron chi connectivity index (χ0n) is 19.2. The van der Waals surface area contributed by atoms with E-state index in [2.05, 4.69) is 47.1 Å². The van der Waals surface area contributed by atoms with Gasteiger partial charge in [-0.1, -0.05) is 55.8 Å². The molecule has 0 spiro atoms. The summed E-state index contributed by atoms with van der Waals surface area (Å²) in [6.07, 6.45) is 2.03. The molecule has 1 aromatic carbocycles. The molecule has 0 aliphatic heterocycles. The maximum absolute atomic E-state index is 9.24. The van der Waals surface area contributed by atoms with Crippen molar-refractivity contribution < 1.29 is 9.59 Å². The van der Waals surface area contributed by atoms with E-state index in [-0.39, 0.29) is 17.5 Å². The number of nitriles is 1. The molecule has 0 amide bonds. The van der Waals surface area contributed by atoms with Gasteiger partial charge in [-0.15, -0.1) is 5.10 Å². The monoisotopic (exact) mass is 488 g/mol. The number of nitrogens with two attached hydrogens (primary N) is 1. The number of anilines is 1.